The Labute approximate surface area is 125 Å². The van der Waals surface area contributed by atoms with E-state index in [1.807, 2.05) is 19.9 Å². The van der Waals surface area contributed by atoms with Gasteiger partial charge in [0, 0.05) is 30.3 Å². The van der Waals surface area contributed by atoms with Gasteiger partial charge < -0.3 is 16.4 Å². The summed E-state index contributed by atoms with van der Waals surface area (Å²) in [5.74, 6) is -0.0655. The van der Waals surface area contributed by atoms with E-state index in [9.17, 15) is 9.59 Å². The Balaban J connectivity index is 1.76. The van der Waals surface area contributed by atoms with Crippen molar-refractivity contribution in [1.82, 2.24) is 10.6 Å². The molecule has 1 saturated carbocycles. The van der Waals surface area contributed by atoms with Crippen molar-refractivity contribution in [1.29, 1.82) is 0 Å². The van der Waals surface area contributed by atoms with Crippen LogP contribution in [0.4, 0.5) is 5.69 Å². The van der Waals surface area contributed by atoms with Gasteiger partial charge in [-0.05, 0) is 50.3 Å². The van der Waals surface area contributed by atoms with Gasteiger partial charge in [-0.25, -0.2) is 0 Å². The molecule has 1 aliphatic rings. The topological polar surface area (TPSA) is 84.2 Å². The third-order valence-corrected chi connectivity index (χ3v) is 3.67. The van der Waals surface area contributed by atoms with Crippen LogP contribution in [0.1, 0.15) is 47.2 Å². The molecule has 4 N–H and O–H groups in total. The highest BCUT2D eigenvalue weighted by Gasteiger charge is 2.22. The highest BCUT2D eigenvalue weighted by Crippen LogP contribution is 2.19. The number of amides is 2. The van der Waals surface area contributed by atoms with E-state index in [-0.39, 0.29) is 11.8 Å². The van der Waals surface area contributed by atoms with Crippen LogP contribution >= 0.6 is 0 Å². The van der Waals surface area contributed by atoms with Crippen LogP contribution in [0.25, 0.3) is 0 Å². The number of nitrogens with one attached hydrogen (secondary N) is 2. The summed E-state index contributed by atoms with van der Waals surface area (Å²) in [5.41, 5.74) is 8.94. The summed E-state index contributed by atoms with van der Waals surface area (Å²) in [6, 6.07) is 4.01. The summed E-state index contributed by atoms with van der Waals surface area (Å²) in [7, 11) is 0. The predicted molar refractivity (Wildman–Crippen MR) is 83.1 cm³/mol. The molecule has 5 nitrogen and oxygen atoms in total. The van der Waals surface area contributed by atoms with Crippen molar-refractivity contribution in [3.63, 3.8) is 0 Å². The van der Waals surface area contributed by atoms with Crippen LogP contribution in [-0.2, 0) is 4.79 Å². The number of aryl methyl sites for hydroxylation is 2. The molecule has 2 rings (SSSR count). The molecule has 0 radical (unpaired) electrons. The molecule has 1 aromatic rings. The van der Waals surface area contributed by atoms with Crippen LogP contribution in [0.2, 0.25) is 0 Å². The first-order valence-corrected chi connectivity index (χ1v) is 7.41. The summed E-state index contributed by atoms with van der Waals surface area (Å²) in [6.45, 7) is 4.30. The molecule has 0 unspecified atom stereocenters. The number of carbonyl (C=O) groups excluding carboxylic acids is 2. The fourth-order valence-electron chi connectivity index (χ4n) is 2.19. The van der Waals surface area contributed by atoms with Gasteiger partial charge in [0.2, 0.25) is 5.91 Å². The van der Waals surface area contributed by atoms with Crippen LogP contribution in [0.3, 0.4) is 0 Å². The van der Waals surface area contributed by atoms with Gasteiger partial charge in [0.25, 0.3) is 5.91 Å². The number of nitrogens with two attached hydrogens (primary N) is 1. The first-order chi connectivity index (χ1) is 9.97. The zero-order chi connectivity index (χ0) is 15.4. The highest BCUT2D eigenvalue weighted by molar-refractivity contribution is 5.96. The van der Waals surface area contributed by atoms with Crippen LogP contribution in [-0.4, -0.2) is 24.4 Å². The van der Waals surface area contributed by atoms with E-state index in [1.54, 1.807) is 6.07 Å². The molecule has 1 fully saturated rings. The largest absolute Gasteiger partial charge is 0.398 e. The summed E-state index contributed by atoms with van der Waals surface area (Å²) in [5, 5.41) is 5.76. The highest BCUT2D eigenvalue weighted by atomic mass is 16.2. The monoisotopic (exact) mass is 289 g/mol. The molecular formula is C16H23N3O2. The summed E-state index contributed by atoms with van der Waals surface area (Å²) in [4.78, 5) is 23.6. The van der Waals surface area contributed by atoms with E-state index in [0.29, 0.717) is 36.7 Å². The van der Waals surface area contributed by atoms with Gasteiger partial charge in [0.1, 0.15) is 0 Å². The molecule has 114 valence electrons. The quantitative estimate of drug-likeness (QED) is 0.550. The minimum Gasteiger partial charge on any atom is -0.398 e. The number of benzene rings is 1. The second kappa shape index (κ2) is 6.61. The maximum atomic E-state index is 12.1. The van der Waals surface area contributed by atoms with Crippen molar-refractivity contribution < 1.29 is 9.59 Å². The van der Waals surface area contributed by atoms with Gasteiger partial charge in [-0.3, -0.25) is 9.59 Å². The Morgan fingerprint density at radius 2 is 1.95 bits per heavy atom. The molecule has 5 heteroatoms. The minimum absolute atomic E-state index is 0.0718. The van der Waals surface area contributed by atoms with Gasteiger partial charge in [-0.1, -0.05) is 6.07 Å². The molecule has 21 heavy (non-hydrogen) atoms. The molecule has 0 saturated heterocycles. The number of hydrogen-bond donors (Lipinski definition) is 3. The average molecular weight is 289 g/mol. The fourth-order valence-corrected chi connectivity index (χ4v) is 2.19. The van der Waals surface area contributed by atoms with E-state index in [4.69, 9.17) is 5.73 Å². The molecule has 0 aliphatic heterocycles. The lowest BCUT2D eigenvalue weighted by Crippen LogP contribution is -2.28. The van der Waals surface area contributed by atoms with Gasteiger partial charge in [0.15, 0.2) is 0 Å². The first kappa shape index (κ1) is 15.4. The van der Waals surface area contributed by atoms with Gasteiger partial charge in [0.05, 0.1) is 0 Å². The normalized spacial score (nSPS) is 13.8. The van der Waals surface area contributed by atoms with Gasteiger partial charge in [-0.15, -0.1) is 0 Å². The second-order valence-corrected chi connectivity index (χ2v) is 5.72. The predicted octanol–water partition coefficient (Wildman–Crippen LogP) is 1.67. The van der Waals surface area contributed by atoms with Crippen molar-refractivity contribution in [2.45, 2.75) is 45.6 Å². The Kier molecular flexibility index (Phi) is 4.83. The number of rotatable bonds is 6. The summed E-state index contributed by atoms with van der Waals surface area (Å²) in [6.07, 6.45) is 3.28. The van der Waals surface area contributed by atoms with Crippen LogP contribution in [0.5, 0.6) is 0 Å². The summed E-state index contributed by atoms with van der Waals surface area (Å²) >= 11 is 0. The number of nitrogen functional groups attached to an aromatic ring is 1. The molecule has 0 heterocycles. The maximum absolute atomic E-state index is 12.1. The third kappa shape index (κ3) is 4.48. The molecule has 0 spiro atoms. The number of hydrogen-bond acceptors (Lipinski definition) is 3. The van der Waals surface area contributed by atoms with E-state index >= 15 is 0 Å². The van der Waals surface area contributed by atoms with Crippen LogP contribution < -0.4 is 16.4 Å². The third-order valence-electron chi connectivity index (χ3n) is 3.67. The zero-order valence-corrected chi connectivity index (χ0v) is 12.7. The molecular weight excluding hydrogens is 266 g/mol. The Morgan fingerprint density at radius 1 is 1.24 bits per heavy atom. The standard InChI is InChI=1S/C16H23N3O2/c1-10-8-11(2)14(17)9-13(10)16(21)18-7-3-4-15(20)19-12-5-6-12/h8-9,12H,3-7,17H2,1-2H3,(H,18,21)(H,19,20). The van der Waals surface area contributed by atoms with Crippen molar-refractivity contribution in [2.24, 2.45) is 0 Å². The van der Waals surface area contributed by atoms with Crippen molar-refractivity contribution in [2.75, 3.05) is 12.3 Å². The number of carbonyl (C=O) groups is 2. The Morgan fingerprint density at radius 3 is 2.62 bits per heavy atom. The smallest absolute Gasteiger partial charge is 0.251 e. The van der Waals surface area contributed by atoms with E-state index in [2.05, 4.69) is 10.6 Å². The van der Waals surface area contributed by atoms with Crippen molar-refractivity contribution in [3.05, 3.63) is 28.8 Å². The average Bonchev–Trinajstić information content (AvgIpc) is 3.22. The van der Waals surface area contributed by atoms with Gasteiger partial charge >= 0.3 is 0 Å². The molecule has 1 aromatic carbocycles. The number of anilines is 1. The lowest BCUT2D eigenvalue weighted by molar-refractivity contribution is -0.121. The molecule has 1 aliphatic carbocycles. The zero-order valence-electron chi connectivity index (χ0n) is 12.7. The SMILES string of the molecule is Cc1cc(C)c(C(=O)NCCCC(=O)NC2CC2)cc1N. The molecule has 0 bridgehead atoms. The second-order valence-electron chi connectivity index (χ2n) is 5.72. The lowest BCUT2D eigenvalue weighted by Gasteiger charge is -2.10. The molecule has 0 aromatic heterocycles. The minimum atomic E-state index is -0.137. The first-order valence-electron chi connectivity index (χ1n) is 7.41. The van der Waals surface area contributed by atoms with Crippen LogP contribution in [0, 0.1) is 13.8 Å². The van der Waals surface area contributed by atoms with Crippen molar-refractivity contribution >= 4 is 17.5 Å². The van der Waals surface area contributed by atoms with Gasteiger partial charge in [-0.2, -0.15) is 0 Å². The Bertz CT molecular complexity index is 551. The maximum Gasteiger partial charge on any atom is 0.251 e. The molecule has 0 atom stereocenters. The lowest BCUT2D eigenvalue weighted by atomic mass is 10.0. The van der Waals surface area contributed by atoms with E-state index in [0.717, 1.165) is 24.0 Å². The van der Waals surface area contributed by atoms with E-state index in [1.165, 1.54) is 0 Å². The Hall–Kier alpha value is -2.04. The molecule has 2 amide bonds. The van der Waals surface area contributed by atoms with Crippen molar-refractivity contribution in [3.8, 4) is 0 Å². The summed E-state index contributed by atoms with van der Waals surface area (Å²) < 4.78 is 0. The van der Waals surface area contributed by atoms with E-state index < -0.39 is 0 Å². The fraction of sp³-hybridized carbons (Fsp3) is 0.500. The van der Waals surface area contributed by atoms with Crippen LogP contribution in [0.15, 0.2) is 12.1 Å².